The first-order valence-electron chi connectivity index (χ1n) is 4.47. The lowest BCUT2D eigenvalue weighted by Gasteiger charge is -2.11. The summed E-state index contributed by atoms with van der Waals surface area (Å²) in [5.74, 6) is -2.54. The maximum atomic E-state index is 12.9. The zero-order chi connectivity index (χ0) is 10.8. The van der Waals surface area contributed by atoms with Crippen LogP contribution in [0.5, 0.6) is 0 Å². The maximum absolute atomic E-state index is 12.9. The van der Waals surface area contributed by atoms with Gasteiger partial charge < -0.3 is 5.73 Å². The molecule has 0 radical (unpaired) electrons. The lowest BCUT2D eigenvalue weighted by molar-refractivity contribution is 0.0106. The van der Waals surface area contributed by atoms with Crippen molar-refractivity contribution >= 4 is 11.3 Å². The van der Waals surface area contributed by atoms with Crippen LogP contribution in [0.3, 0.4) is 0 Å². The van der Waals surface area contributed by atoms with Crippen molar-refractivity contribution in [1.29, 1.82) is 0 Å². The van der Waals surface area contributed by atoms with E-state index >= 15 is 0 Å². The lowest BCUT2D eigenvalue weighted by atomic mass is 10.2. The molecule has 0 unspecified atom stereocenters. The fraction of sp³-hybridized carbons (Fsp3) is 0.667. The van der Waals surface area contributed by atoms with Crippen LogP contribution in [0.15, 0.2) is 5.38 Å². The molecule has 2 nitrogen and oxygen atoms in total. The summed E-state index contributed by atoms with van der Waals surface area (Å²) >= 11 is 1.42. The molecule has 1 aromatic heterocycles. The minimum Gasteiger partial charge on any atom is -0.325 e. The first-order valence-corrected chi connectivity index (χ1v) is 5.35. The summed E-state index contributed by atoms with van der Waals surface area (Å²) in [7, 11) is 0. The third kappa shape index (κ3) is 2.99. The average Bonchev–Trinajstić information content (AvgIpc) is 2.52. The van der Waals surface area contributed by atoms with Crippen molar-refractivity contribution in [3.63, 3.8) is 0 Å². The summed E-state index contributed by atoms with van der Waals surface area (Å²) in [6, 6.07) is 0. The Balaban J connectivity index is 2.69. The summed E-state index contributed by atoms with van der Waals surface area (Å²) in [4.78, 5) is 4.13. The molecule has 0 aromatic carbocycles. The van der Waals surface area contributed by atoms with Gasteiger partial charge in [-0.25, -0.2) is 13.8 Å². The normalized spacial score (nSPS) is 12.4. The van der Waals surface area contributed by atoms with Gasteiger partial charge in [0.25, 0.3) is 5.92 Å². The van der Waals surface area contributed by atoms with Crippen molar-refractivity contribution in [2.75, 3.05) is 6.54 Å². The molecule has 0 saturated carbocycles. The molecule has 0 aliphatic heterocycles. The third-order valence-corrected chi connectivity index (χ3v) is 3.00. The van der Waals surface area contributed by atoms with Crippen LogP contribution in [0.25, 0.3) is 0 Å². The lowest BCUT2D eigenvalue weighted by Crippen LogP contribution is -2.30. The molecular formula is C9H14F2N2S. The number of aromatic nitrogens is 1. The van der Waals surface area contributed by atoms with E-state index in [0.29, 0.717) is 11.6 Å². The molecule has 2 N–H and O–H groups in total. The van der Waals surface area contributed by atoms with Gasteiger partial charge in [0, 0.05) is 11.3 Å². The van der Waals surface area contributed by atoms with Crippen LogP contribution in [0, 0.1) is 0 Å². The van der Waals surface area contributed by atoms with Crippen molar-refractivity contribution in [2.24, 2.45) is 5.73 Å². The number of nitrogens with zero attached hydrogens (tertiary/aromatic N) is 1. The van der Waals surface area contributed by atoms with Crippen molar-refractivity contribution in [3.8, 4) is 0 Å². The highest BCUT2D eigenvalue weighted by molar-refractivity contribution is 7.09. The number of hydrogen-bond acceptors (Lipinski definition) is 3. The molecule has 1 aromatic rings. The highest BCUT2D eigenvalue weighted by Gasteiger charge is 2.28. The zero-order valence-corrected chi connectivity index (χ0v) is 9.07. The van der Waals surface area contributed by atoms with Crippen LogP contribution in [0.2, 0.25) is 0 Å². The van der Waals surface area contributed by atoms with Crippen LogP contribution in [-0.4, -0.2) is 17.5 Å². The summed E-state index contributed by atoms with van der Waals surface area (Å²) in [6.45, 7) is 3.36. The Morgan fingerprint density at radius 2 is 2.21 bits per heavy atom. The van der Waals surface area contributed by atoms with Crippen molar-refractivity contribution < 1.29 is 8.78 Å². The third-order valence-electron chi connectivity index (χ3n) is 1.80. The first-order chi connectivity index (χ1) is 6.44. The van der Waals surface area contributed by atoms with Crippen molar-refractivity contribution in [1.82, 2.24) is 4.98 Å². The van der Waals surface area contributed by atoms with Crippen molar-refractivity contribution in [3.05, 3.63) is 16.1 Å². The molecule has 0 amide bonds. The summed E-state index contributed by atoms with van der Waals surface area (Å²) < 4.78 is 25.8. The van der Waals surface area contributed by atoms with Crippen LogP contribution in [0.4, 0.5) is 8.78 Å². The van der Waals surface area contributed by atoms with Gasteiger partial charge >= 0.3 is 0 Å². The molecule has 0 spiro atoms. The maximum Gasteiger partial charge on any atom is 0.265 e. The molecule has 0 aliphatic rings. The fourth-order valence-corrected chi connectivity index (χ4v) is 1.84. The molecule has 0 bridgehead atoms. The Morgan fingerprint density at radius 1 is 1.57 bits per heavy atom. The van der Waals surface area contributed by atoms with Gasteiger partial charge in [-0.2, -0.15) is 0 Å². The number of thiazole rings is 1. The fourth-order valence-electron chi connectivity index (χ4n) is 1.01. The highest BCUT2D eigenvalue weighted by atomic mass is 32.1. The van der Waals surface area contributed by atoms with Crippen LogP contribution >= 0.6 is 11.3 Å². The Hall–Kier alpha value is -0.550. The van der Waals surface area contributed by atoms with E-state index in [1.807, 2.05) is 13.8 Å². The number of nitrogens with two attached hydrogens (primary N) is 1. The van der Waals surface area contributed by atoms with Crippen LogP contribution < -0.4 is 5.73 Å². The number of alkyl halides is 2. The topological polar surface area (TPSA) is 38.9 Å². The second-order valence-electron chi connectivity index (χ2n) is 3.57. The molecule has 1 heterocycles. The average molecular weight is 220 g/mol. The van der Waals surface area contributed by atoms with Gasteiger partial charge in [-0.1, -0.05) is 13.8 Å². The molecule has 0 saturated heterocycles. The molecule has 1 rings (SSSR count). The van der Waals surface area contributed by atoms with Gasteiger partial charge in [0.05, 0.1) is 23.7 Å². The predicted octanol–water partition coefficient (Wildman–Crippen LogP) is 2.40. The van der Waals surface area contributed by atoms with E-state index in [4.69, 9.17) is 5.73 Å². The van der Waals surface area contributed by atoms with Gasteiger partial charge in [-0.3, -0.25) is 0 Å². The molecule has 5 heteroatoms. The van der Waals surface area contributed by atoms with Gasteiger partial charge in [0.2, 0.25) is 0 Å². The second kappa shape index (κ2) is 4.31. The monoisotopic (exact) mass is 220 g/mol. The Labute approximate surface area is 86.2 Å². The Kier molecular flexibility index (Phi) is 3.55. The molecule has 0 fully saturated rings. The van der Waals surface area contributed by atoms with Crippen molar-refractivity contribution in [2.45, 2.75) is 32.1 Å². The van der Waals surface area contributed by atoms with Gasteiger partial charge in [0.15, 0.2) is 0 Å². The number of halogens is 2. The molecular weight excluding hydrogens is 206 g/mol. The quantitative estimate of drug-likeness (QED) is 0.846. The van der Waals surface area contributed by atoms with Crippen LogP contribution in [0.1, 0.15) is 30.5 Å². The van der Waals surface area contributed by atoms with E-state index in [9.17, 15) is 8.78 Å². The Bertz CT molecular complexity index is 297. The van der Waals surface area contributed by atoms with E-state index < -0.39 is 12.5 Å². The number of rotatable bonds is 4. The van der Waals surface area contributed by atoms with Gasteiger partial charge in [0.1, 0.15) is 0 Å². The number of hydrogen-bond donors (Lipinski definition) is 1. The Morgan fingerprint density at radius 3 is 2.64 bits per heavy atom. The largest absolute Gasteiger partial charge is 0.325 e. The summed E-state index contributed by atoms with van der Waals surface area (Å²) in [6.07, 6.45) is -0.354. The molecule has 14 heavy (non-hydrogen) atoms. The van der Waals surface area contributed by atoms with E-state index in [0.717, 1.165) is 5.01 Å². The molecule has 0 atom stereocenters. The standard InChI is InChI=1S/C9H14F2N2S/c1-6(2)8-13-7(4-14-8)3-9(10,11)5-12/h4,6H,3,5,12H2,1-2H3. The zero-order valence-electron chi connectivity index (χ0n) is 8.26. The van der Waals surface area contributed by atoms with E-state index in [1.165, 1.54) is 11.3 Å². The first kappa shape index (κ1) is 11.5. The van der Waals surface area contributed by atoms with E-state index in [2.05, 4.69) is 4.98 Å². The summed E-state index contributed by atoms with van der Waals surface area (Å²) in [5, 5.41) is 2.58. The van der Waals surface area contributed by atoms with Gasteiger partial charge in [-0.05, 0) is 0 Å². The van der Waals surface area contributed by atoms with E-state index in [1.54, 1.807) is 5.38 Å². The highest BCUT2D eigenvalue weighted by Crippen LogP contribution is 2.23. The minimum absolute atomic E-state index is 0.292. The molecule has 80 valence electrons. The SMILES string of the molecule is CC(C)c1nc(CC(F)(F)CN)cs1. The second-order valence-corrected chi connectivity index (χ2v) is 4.46. The van der Waals surface area contributed by atoms with E-state index in [-0.39, 0.29) is 6.42 Å². The minimum atomic E-state index is -2.83. The molecule has 0 aliphatic carbocycles. The van der Waals surface area contributed by atoms with Crippen LogP contribution in [-0.2, 0) is 6.42 Å². The summed E-state index contributed by atoms with van der Waals surface area (Å²) in [5.41, 5.74) is 5.39. The predicted molar refractivity (Wildman–Crippen MR) is 53.9 cm³/mol. The smallest absolute Gasteiger partial charge is 0.265 e. The van der Waals surface area contributed by atoms with Gasteiger partial charge in [-0.15, -0.1) is 11.3 Å².